The largest absolute Gasteiger partial charge is 0.356 e. The number of halogens is 2. The normalized spacial score (nSPS) is 19.9. The Balaban J connectivity index is 0.000000963. The minimum atomic E-state index is -0.283. The van der Waals surface area contributed by atoms with Crippen LogP contribution < -0.4 is 5.32 Å². The molecule has 1 aromatic carbocycles. The highest BCUT2D eigenvalue weighted by Gasteiger charge is 2.22. The number of aromatic nitrogens is 1. The summed E-state index contributed by atoms with van der Waals surface area (Å²) in [6, 6.07) is 4.58. The van der Waals surface area contributed by atoms with Crippen LogP contribution in [0.1, 0.15) is 18.0 Å². The highest BCUT2D eigenvalue weighted by molar-refractivity contribution is 5.85. The fourth-order valence-electron chi connectivity index (χ4n) is 2.11. The molecule has 0 amide bonds. The summed E-state index contributed by atoms with van der Waals surface area (Å²) in [5.41, 5.74) is 1.49. The SMILES string of the molecule is Cl.Fc1ccc2c(C3CCNC3)noc2c1. The van der Waals surface area contributed by atoms with Gasteiger partial charge >= 0.3 is 0 Å². The Bertz CT molecular complexity index is 494. The highest BCUT2D eigenvalue weighted by Crippen LogP contribution is 2.28. The van der Waals surface area contributed by atoms with Gasteiger partial charge in [0.25, 0.3) is 0 Å². The molecule has 16 heavy (non-hydrogen) atoms. The first-order valence-corrected chi connectivity index (χ1v) is 5.10. The zero-order valence-electron chi connectivity index (χ0n) is 8.57. The molecule has 0 bridgehead atoms. The van der Waals surface area contributed by atoms with Gasteiger partial charge in [0.1, 0.15) is 5.82 Å². The summed E-state index contributed by atoms with van der Waals surface area (Å²) in [5.74, 6) is 0.117. The third-order valence-corrected chi connectivity index (χ3v) is 2.91. The van der Waals surface area contributed by atoms with Crippen molar-refractivity contribution in [1.82, 2.24) is 10.5 Å². The van der Waals surface area contributed by atoms with E-state index in [1.165, 1.54) is 12.1 Å². The van der Waals surface area contributed by atoms with E-state index in [-0.39, 0.29) is 18.2 Å². The molecule has 0 aliphatic carbocycles. The van der Waals surface area contributed by atoms with Gasteiger partial charge in [0, 0.05) is 23.9 Å². The van der Waals surface area contributed by atoms with Crippen molar-refractivity contribution in [2.75, 3.05) is 13.1 Å². The van der Waals surface area contributed by atoms with E-state index in [9.17, 15) is 4.39 Å². The van der Waals surface area contributed by atoms with Crippen LogP contribution in [0.2, 0.25) is 0 Å². The zero-order chi connectivity index (χ0) is 10.3. The molecular formula is C11H12ClFN2O. The maximum Gasteiger partial charge on any atom is 0.170 e. The molecule has 1 atom stereocenters. The Kier molecular flexibility index (Phi) is 3.12. The standard InChI is InChI=1S/C11H11FN2O.ClH/c12-8-1-2-9-10(5-8)15-14-11(9)7-3-4-13-6-7;/h1-2,5,7,13H,3-4,6H2;1H. The van der Waals surface area contributed by atoms with E-state index in [1.54, 1.807) is 6.07 Å². The molecule has 1 fully saturated rings. The average Bonchev–Trinajstić information content (AvgIpc) is 2.82. The monoisotopic (exact) mass is 242 g/mol. The number of nitrogens with one attached hydrogen (secondary N) is 1. The first-order chi connectivity index (χ1) is 7.34. The van der Waals surface area contributed by atoms with Crippen molar-refractivity contribution >= 4 is 23.4 Å². The van der Waals surface area contributed by atoms with Crippen LogP contribution in [0.5, 0.6) is 0 Å². The number of fused-ring (bicyclic) bond motifs is 1. The van der Waals surface area contributed by atoms with E-state index in [0.29, 0.717) is 11.5 Å². The van der Waals surface area contributed by atoms with Crippen molar-refractivity contribution in [1.29, 1.82) is 0 Å². The van der Waals surface area contributed by atoms with Crippen LogP contribution >= 0.6 is 12.4 Å². The van der Waals surface area contributed by atoms with Crippen LogP contribution in [-0.2, 0) is 0 Å². The summed E-state index contributed by atoms with van der Waals surface area (Å²) in [4.78, 5) is 0. The van der Waals surface area contributed by atoms with Crippen LogP contribution in [0.15, 0.2) is 22.7 Å². The van der Waals surface area contributed by atoms with Gasteiger partial charge in [0.15, 0.2) is 5.58 Å². The molecule has 1 aliphatic rings. The van der Waals surface area contributed by atoms with Gasteiger partial charge in [-0.05, 0) is 25.1 Å². The quantitative estimate of drug-likeness (QED) is 0.835. The summed E-state index contributed by atoms with van der Waals surface area (Å²) < 4.78 is 18.0. The lowest BCUT2D eigenvalue weighted by molar-refractivity contribution is 0.437. The van der Waals surface area contributed by atoms with E-state index >= 15 is 0 Å². The number of hydrogen-bond donors (Lipinski definition) is 1. The molecule has 1 aromatic heterocycles. The van der Waals surface area contributed by atoms with Gasteiger partial charge in [-0.1, -0.05) is 5.16 Å². The van der Waals surface area contributed by atoms with Crippen LogP contribution in [0.3, 0.4) is 0 Å². The second-order valence-electron chi connectivity index (χ2n) is 3.90. The molecule has 1 aliphatic heterocycles. The van der Waals surface area contributed by atoms with Crippen molar-refractivity contribution in [2.45, 2.75) is 12.3 Å². The van der Waals surface area contributed by atoms with E-state index in [2.05, 4.69) is 10.5 Å². The van der Waals surface area contributed by atoms with Gasteiger partial charge in [-0.2, -0.15) is 0 Å². The maximum absolute atomic E-state index is 12.9. The zero-order valence-corrected chi connectivity index (χ0v) is 9.39. The van der Waals surface area contributed by atoms with Crippen LogP contribution in [0, 0.1) is 5.82 Å². The number of nitrogens with zero attached hydrogens (tertiary/aromatic N) is 1. The van der Waals surface area contributed by atoms with Gasteiger partial charge in [0.05, 0.1) is 5.69 Å². The Morgan fingerprint density at radius 1 is 1.44 bits per heavy atom. The Labute approximate surface area is 98.4 Å². The number of benzene rings is 1. The Hall–Kier alpha value is -1.13. The van der Waals surface area contributed by atoms with Crippen molar-refractivity contribution in [2.24, 2.45) is 0 Å². The van der Waals surface area contributed by atoms with Gasteiger partial charge < -0.3 is 9.84 Å². The lowest BCUT2D eigenvalue weighted by Gasteiger charge is -2.02. The summed E-state index contributed by atoms with van der Waals surface area (Å²) in [5, 5.41) is 8.25. The molecule has 5 heteroatoms. The molecule has 1 N–H and O–H groups in total. The fraction of sp³-hybridized carbons (Fsp3) is 0.364. The topological polar surface area (TPSA) is 38.1 Å². The first-order valence-electron chi connectivity index (χ1n) is 5.10. The molecule has 2 aromatic rings. The van der Waals surface area contributed by atoms with E-state index in [0.717, 1.165) is 30.6 Å². The van der Waals surface area contributed by atoms with Gasteiger partial charge in [-0.3, -0.25) is 0 Å². The lowest BCUT2D eigenvalue weighted by atomic mass is 10.0. The first kappa shape index (κ1) is 11.4. The van der Waals surface area contributed by atoms with Crippen LogP contribution in [0.25, 0.3) is 11.0 Å². The Morgan fingerprint density at radius 2 is 2.31 bits per heavy atom. The predicted molar refractivity (Wildman–Crippen MR) is 61.4 cm³/mol. The summed E-state index contributed by atoms with van der Waals surface area (Å²) >= 11 is 0. The Morgan fingerprint density at radius 3 is 3.06 bits per heavy atom. The molecule has 0 radical (unpaired) electrons. The summed E-state index contributed by atoms with van der Waals surface area (Å²) in [6.07, 6.45) is 1.07. The molecule has 1 unspecified atom stereocenters. The van der Waals surface area contributed by atoms with Gasteiger partial charge in [0.2, 0.25) is 0 Å². The molecule has 3 rings (SSSR count). The van der Waals surface area contributed by atoms with E-state index < -0.39 is 0 Å². The minimum Gasteiger partial charge on any atom is -0.356 e. The molecule has 0 saturated carbocycles. The fourth-order valence-corrected chi connectivity index (χ4v) is 2.11. The average molecular weight is 243 g/mol. The van der Waals surface area contributed by atoms with Gasteiger partial charge in [-0.15, -0.1) is 12.4 Å². The lowest BCUT2D eigenvalue weighted by Crippen LogP contribution is -2.08. The minimum absolute atomic E-state index is 0. The van der Waals surface area contributed by atoms with Crippen molar-refractivity contribution in [3.8, 4) is 0 Å². The molecule has 2 heterocycles. The molecule has 3 nitrogen and oxygen atoms in total. The number of rotatable bonds is 1. The van der Waals surface area contributed by atoms with E-state index in [4.69, 9.17) is 4.52 Å². The third kappa shape index (κ3) is 1.79. The van der Waals surface area contributed by atoms with E-state index in [1.807, 2.05) is 0 Å². The third-order valence-electron chi connectivity index (χ3n) is 2.91. The van der Waals surface area contributed by atoms with Crippen LogP contribution in [0.4, 0.5) is 4.39 Å². The van der Waals surface area contributed by atoms with Crippen molar-refractivity contribution in [3.63, 3.8) is 0 Å². The number of hydrogen-bond acceptors (Lipinski definition) is 3. The second-order valence-corrected chi connectivity index (χ2v) is 3.90. The highest BCUT2D eigenvalue weighted by atomic mass is 35.5. The maximum atomic E-state index is 12.9. The molecular weight excluding hydrogens is 231 g/mol. The van der Waals surface area contributed by atoms with Crippen molar-refractivity contribution < 1.29 is 8.91 Å². The predicted octanol–water partition coefficient (Wildman–Crippen LogP) is 2.47. The molecule has 1 saturated heterocycles. The molecule has 0 spiro atoms. The summed E-state index contributed by atoms with van der Waals surface area (Å²) in [7, 11) is 0. The van der Waals surface area contributed by atoms with Crippen molar-refractivity contribution in [3.05, 3.63) is 29.7 Å². The second kappa shape index (κ2) is 4.39. The summed E-state index contributed by atoms with van der Waals surface area (Å²) in [6.45, 7) is 1.94. The van der Waals surface area contributed by atoms with Gasteiger partial charge in [-0.25, -0.2) is 4.39 Å². The smallest absolute Gasteiger partial charge is 0.170 e. The van der Waals surface area contributed by atoms with Crippen LogP contribution in [-0.4, -0.2) is 18.2 Å². The molecule has 86 valence electrons.